The van der Waals surface area contributed by atoms with Gasteiger partial charge >= 0.3 is 5.97 Å². The van der Waals surface area contributed by atoms with E-state index in [4.69, 9.17) is 33.5 Å². The quantitative estimate of drug-likeness (QED) is 0.133. The van der Waals surface area contributed by atoms with Gasteiger partial charge in [-0.3, -0.25) is 4.79 Å². The van der Waals surface area contributed by atoms with Crippen LogP contribution in [-0.2, 0) is 42.7 Å². The molecule has 0 aromatic carbocycles. The molecular formula is C18H34BrNO10. The minimum Gasteiger partial charge on any atom is -0.480 e. The summed E-state index contributed by atoms with van der Waals surface area (Å²) >= 11 is 3.28. The number of nitrogens with one attached hydrogen (secondary N) is 1. The molecule has 178 valence electrons. The molecular weight excluding hydrogens is 470 g/mol. The van der Waals surface area contributed by atoms with Crippen molar-refractivity contribution in [1.82, 2.24) is 5.32 Å². The van der Waals surface area contributed by atoms with E-state index < -0.39 is 12.6 Å². The summed E-state index contributed by atoms with van der Waals surface area (Å²) in [4.78, 5) is 21.5. The second-order valence-electron chi connectivity index (χ2n) is 5.60. The summed E-state index contributed by atoms with van der Waals surface area (Å²) in [6.07, 6.45) is 0. The third-order valence-electron chi connectivity index (χ3n) is 3.11. The zero-order valence-electron chi connectivity index (χ0n) is 17.3. The first kappa shape index (κ1) is 29.1. The number of aliphatic carboxylic acids is 1. The number of rotatable bonds is 24. The molecule has 0 heterocycles. The Bertz CT molecular complexity index is 403. The summed E-state index contributed by atoms with van der Waals surface area (Å²) in [5.41, 5.74) is 0. The van der Waals surface area contributed by atoms with Crippen LogP contribution in [0.15, 0.2) is 0 Å². The number of carbonyl (C=O) groups excluding carboxylic acids is 1. The number of carboxylic acids is 1. The Morgan fingerprint density at radius 3 is 1.40 bits per heavy atom. The fourth-order valence-corrected chi connectivity index (χ4v) is 2.03. The van der Waals surface area contributed by atoms with Crippen LogP contribution in [0.1, 0.15) is 0 Å². The highest BCUT2D eigenvalue weighted by Gasteiger charge is 2.02. The van der Waals surface area contributed by atoms with Gasteiger partial charge in [-0.15, -0.1) is 0 Å². The molecule has 0 atom stereocenters. The SMILES string of the molecule is O=C(O)COCC(=O)NCCOCCOCCOCCOCCOCCOCCBr. The molecule has 1 amide bonds. The largest absolute Gasteiger partial charge is 0.480 e. The molecule has 0 aliphatic heterocycles. The number of alkyl halides is 1. The third kappa shape index (κ3) is 25.2. The lowest BCUT2D eigenvalue weighted by molar-refractivity contribution is -0.143. The first-order chi connectivity index (χ1) is 14.7. The van der Waals surface area contributed by atoms with Crippen LogP contribution in [-0.4, -0.2) is 121 Å². The number of hydrogen-bond donors (Lipinski definition) is 2. The van der Waals surface area contributed by atoms with E-state index >= 15 is 0 Å². The van der Waals surface area contributed by atoms with Gasteiger partial charge in [-0.25, -0.2) is 4.79 Å². The lowest BCUT2D eigenvalue weighted by Crippen LogP contribution is -2.31. The maximum absolute atomic E-state index is 11.3. The molecule has 0 aliphatic rings. The molecule has 30 heavy (non-hydrogen) atoms. The van der Waals surface area contributed by atoms with Crippen molar-refractivity contribution in [3.63, 3.8) is 0 Å². The fraction of sp³-hybridized carbons (Fsp3) is 0.889. The van der Waals surface area contributed by atoms with Gasteiger partial charge in [-0.05, 0) is 0 Å². The van der Waals surface area contributed by atoms with E-state index in [1.54, 1.807) is 0 Å². The normalized spacial score (nSPS) is 11.0. The lowest BCUT2D eigenvalue weighted by Gasteiger charge is -2.08. The van der Waals surface area contributed by atoms with Crippen molar-refractivity contribution < 1.29 is 47.9 Å². The van der Waals surface area contributed by atoms with Crippen LogP contribution in [0.5, 0.6) is 0 Å². The molecule has 0 aliphatic carbocycles. The maximum atomic E-state index is 11.3. The topological polar surface area (TPSA) is 131 Å². The van der Waals surface area contributed by atoms with Crippen LogP contribution >= 0.6 is 15.9 Å². The Hall–Kier alpha value is -0.860. The molecule has 0 unspecified atom stereocenters. The van der Waals surface area contributed by atoms with E-state index in [1.807, 2.05) is 0 Å². The van der Waals surface area contributed by atoms with Crippen molar-refractivity contribution in [3.05, 3.63) is 0 Å². The summed E-state index contributed by atoms with van der Waals surface area (Å²) in [6, 6.07) is 0. The average molecular weight is 504 g/mol. The number of ether oxygens (including phenoxy) is 7. The number of amides is 1. The van der Waals surface area contributed by atoms with Crippen LogP contribution in [0.3, 0.4) is 0 Å². The van der Waals surface area contributed by atoms with Gasteiger partial charge in [-0.2, -0.15) is 0 Å². The Morgan fingerprint density at radius 1 is 0.600 bits per heavy atom. The average Bonchev–Trinajstić information content (AvgIpc) is 2.72. The van der Waals surface area contributed by atoms with Gasteiger partial charge in [0.25, 0.3) is 0 Å². The van der Waals surface area contributed by atoms with Crippen LogP contribution in [0.25, 0.3) is 0 Å². The number of halogens is 1. The van der Waals surface area contributed by atoms with Crippen molar-refractivity contribution in [1.29, 1.82) is 0 Å². The van der Waals surface area contributed by atoms with Crippen LogP contribution in [0.2, 0.25) is 0 Å². The zero-order chi connectivity index (χ0) is 22.1. The van der Waals surface area contributed by atoms with Crippen molar-refractivity contribution in [2.24, 2.45) is 0 Å². The van der Waals surface area contributed by atoms with Crippen molar-refractivity contribution in [2.45, 2.75) is 0 Å². The lowest BCUT2D eigenvalue weighted by atomic mass is 10.6. The smallest absolute Gasteiger partial charge is 0.329 e. The van der Waals surface area contributed by atoms with E-state index in [-0.39, 0.29) is 12.5 Å². The highest BCUT2D eigenvalue weighted by molar-refractivity contribution is 9.09. The number of carboxylic acid groups (broad SMARTS) is 1. The van der Waals surface area contributed by atoms with Crippen molar-refractivity contribution in [3.8, 4) is 0 Å². The van der Waals surface area contributed by atoms with Crippen LogP contribution in [0.4, 0.5) is 0 Å². The Balaban J connectivity index is 3.09. The predicted molar refractivity (Wildman–Crippen MR) is 110 cm³/mol. The maximum Gasteiger partial charge on any atom is 0.329 e. The molecule has 2 N–H and O–H groups in total. The molecule has 0 rings (SSSR count). The Labute approximate surface area is 185 Å². The van der Waals surface area contributed by atoms with E-state index in [9.17, 15) is 9.59 Å². The second-order valence-corrected chi connectivity index (χ2v) is 6.39. The first-order valence-electron chi connectivity index (χ1n) is 9.75. The highest BCUT2D eigenvalue weighted by Crippen LogP contribution is 1.86. The van der Waals surface area contributed by atoms with Crippen molar-refractivity contribution in [2.75, 3.05) is 104 Å². The second kappa shape index (κ2) is 24.4. The molecule has 0 spiro atoms. The minimum atomic E-state index is -1.12. The van der Waals surface area contributed by atoms with Gasteiger partial charge in [0.15, 0.2) is 0 Å². The van der Waals surface area contributed by atoms with E-state index in [0.29, 0.717) is 85.8 Å². The summed E-state index contributed by atoms with van der Waals surface area (Å²) in [5, 5.41) is 11.7. The molecule has 0 saturated carbocycles. The van der Waals surface area contributed by atoms with Gasteiger partial charge in [0, 0.05) is 11.9 Å². The van der Waals surface area contributed by atoms with Gasteiger partial charge in [0.2, 0.25) is 5.91 Å². The molecule has 12 heteroatoms. The molecule has 0 aromatic rings. The molecule has 0 fully saturated rings. The monoisotopic (exact) mass is 503 g/mol. The molecule has 0 saturated heterocycles. The van der Waals surface area contributed by atoms with E-state index in [1.165, 1.54) is 0 Å². The van der Waals surface area contributed by atoms with E-state index in [0.717, 1.165) is 5.33 Å². The first-order valence-corrected chi connectivity index (χ1v) is 10.9. The third-order valence-corrected chi connectivity index (χ3v) is 3.43. The molecule has 0 aromatic heterocycles. The summed E-state index contributed by atoms with van der Waals surface area (Å²) < 4.78 is 36.6. The van der Waals surface area contributed by atoms with Crippen LogP contribution < -0.4 is 5.32 Å². The van der Waals surface area contributed by atoms with E-state index in [2.05, 4.69) is 26.0 Å². The fourth-order valence-electron chi connectivity index (χ4n) is 1.80. The minimum absolute atomic E-state index is 0.290. The summed E-state index contributed by atoms with van der Waals surface area (Å²) in [7, 11) is 0. The molecule has 11 nitrogen and oxygen atoms in total. The Kier molecular flexibility index (Phi) is 23.7. The van der Waals surface area contributed by atoms with Gasteiger partial charge in [0.05, 0.1) is 79.3 Å². The predicted octanol–water partition coefficient (Wildman–Crippen LogP) is -0.302. The zero-order valence-corrected chi connectivity index (χ0v) is 18.9. The Morgan fingerprint density at radius 2 is 1.00 bits per heavy atom. The van der Waals surface area contributed by atoms with Crippen molar-refractivity contribution >= 4 is 27.8 Å². The number of carbonyl (C=O) groups is 2. The van der Waals surface area contributed by atoms with Gasteiger partial charge in [-0.1, -0.05) is 15.9 Å². The summed E-state index contributed by atoms with van der Waals surface area (Å²) in [6.45, 7) is 5.47. The standard InChI is InChI=1S/C18H34BrNO10/c19-1-3-24-5-7-26-9-11-28-13-14-29-12-10-27-8-6-25-4-2-20-17(21)15-30-16-18(22)23/h1-16H2,(H,20,21)(H,22,23). The van der Waals surface area contributed by atoms with Gasteiger partial charge < -0.3 is 43.6 Å². The number of hydrogen-bond acceptors (Lipinski definition) is 9. The van der Waals surface area contributed by atoms with Gasteiger partial charge in [0.1, 0.15) is 13.2 Å². The summed E-state index contributed by atoms with van der Waals surface area (Å²) in [5.74, 6) is -1.51. The molecule has 0 radical (unpaired) electrons. The molecule has 0 bridgehead atoms. The highest BCUT2D eigenvalue weighted by atomic mass is 79.9. The van der Waals surface area contributed by atoms with Crippen LogP contribution in [0, 0.1) is 0 Å².